The quantitative estimate of drug-likeness (QED) is 0.740. The van der Waals surface area contributed by atoms with E-state index in [1.807, 2.05) is 0 Å². The second kappa shape index (κ2) is 7.63. The van der Waals surface area contributed by atoms with Crippen molar-refractivity contribution < 1.29 is 4.79 Å². The first-order valence-corrected chi connectivity index (χ1v) is 12.7. The van der Waals surface area contributed by atoms with E-state index in [1.165, 1.54) is 51.4 Å². The minimum atomic E-state index is 0.341. The first kappa shape index (κ1) is 19.8. The number of piperazine rings is 1. The highest BCUT2D eigenvalue weighted by Crippen LogP contribution is 2.61. The number of carbonyl (C=O) groups is 1. The largest absolute Gasteiger partial charge is 0.356 e. The minimum Gasteiger partial charge on any atom is -0.356 e. The van der Waals surface area contributed by atoms with Gasteiger partial charge in [-0.2, -0.15) is 4.98 Å². The molecule has 2 saturated heterocycles. The lowest BCUT2D eigenvalue weighted by Crippen LogP contribution is -2.52. The molecule has 4 aliphatic carbocycles. The Morgan fingerprint density at radius 1 is 0.903 bits per heavy atom. The summed E-state index contributed by atoms with van der Waals surface area (Å²) in [5.41, 5.74) is 1.37. The van der Waals surface area contributed by atoms with Gasteiger partial charge in [-0.05, 0) is 81.5 Å². The zero-order valence-electron chi connectivity index (χ0n) is 19.1. The van der Waals surface area contributed by atoms with Crippen molar-refractivity contribution in [3.05, 3.63) is 11.8 Å². The Kier molecular flexibility index (Phi) is 4.87. The molecule has 6 fully saturated rings. The molecule has 4 saturated carbocycles. The van der Waals surface area contributed by atoms with Crippen LogP contribution in [0.5, 0.6) is 0 Å². The molecule has 0 N–H and O–H groups in total. The molecule has 3 heterocycles. The van der Waals surface area contributed by atoms with Crippen LogP contribution in [0.15, 0.2) is 6.07 Å². The van der Waals surface area contributed by atoms with Crippen LogP contribution in [0.25, 0.3) is 0 Å². The summed E-state index contributed by atoms with van der Waals surface area (Å²) in [6.07, 6.45) is 11.6. The van der Waals surface area contributed by atoms with Crippen LogP contribution in [0.1, 0.15) is 63.5 Å². The first-order valence-electron chi connectivity index (χ1n) is 12.7. The van der Waals surface area contributed by atoms with Gasteiger partial charge in [-0.15, -0.1) is 0 Å². The maximum absolute atomic E-state index is 13.3. The molecule has 1 amide bonds. The molecule has 6 aliphatic rings. The van der Waals surface area contributed by atoms with Gasteiger partial charge in [-0.3, -0.25) is 4.79 Å². The lowest BCUT2D eigenvalue weighted by Gasteiger charge is -2.57. The zero-order chi connectivity index (χ0) is 21.0. The topological polar surface area (TPSA) is 52.6 Å². The lowest BCUT2D eigenvalue weighted by atomic mass is 9.49. The van der Waals surface area contributed by atoms with Crippen LogP contribution < -0.4 is 9.80 Å². The smallest absolute Gasteiger partial charge is 0.227 e. The molecular formula is C25H37N5O. The van der Waals surface area contributed by atoms with Crippen molar-refractivity contribution in [2.24, 2.45) is 23.2 Å². The molecule has 0 atom stereocenters. The standard InChI is InChI=1S/C25H37N5O/c1-18-10-22(28-4-2-3-5-28)27-24(26-18)30-8-6-29(7-9-30)23(31)17-25-14-19-11-20(15-25)13-21(12-19)16-25/h10,19-21H,2-9,11-17H2,1H3. The predicted molar refractivity (Wildman–Crippen MR) is 122 cm³/mol. The van der Waals surface area contributed by atoms with Gasteiger partial charge in [0.05, 0.1) is 0 Å². The minimum absolute atomic E-state index is 0.341. The fourth-order valence-corrected chi connectivity index (χ4v) is 7.88. The average Bonchev–Trinajstić information content (AvgIpc) is 3.27. The van der Waals surface area contributed by atoms with Crippen LogP contribution in [0.2, 0.25) is 0 Å². The number of aromatic nitrogens is 2. The van der Waals surface area contributed by atoms with Gasteiger partial charge in [0.1, 0.15) is 5.82 Å². The number of amides is 1. The summed E-state index contributed by atoms with van der Waals surface area (Å²) in [6, 6.07) is 2.11. The summed E-state index contributed by atoms with van der Waals surface area (Å²) >= 11 is 0. The number of nitrogens with zero attached hydrogens (tertiary/aromatic N) is 5. The van der Waals surface area contributed by atoms with Crippen molar-refractivity contribution in [3.8, 4) is 0 Å². The Bertz CT molecular complexity index is 805. The van der Waals surface area contributed by atoms with Gasteiger partial charge in [-0.1, -0.05) is 0 Å². The van der Waals surface area contributed by atoms with Gasteiger partial charge in [0.25, 0.3) is 0 Å². The summed E-state index contributed by atoms with van der Waals surface area (Å²) < 4.78 is 0. The summed E-state index contributed by atoms with van der Waals surface area (Å²) in [5, 5.41) is 0. The van der Waals surface area contributed by atoms with Gasteiger partial charge in [0.15, 0.2) is 0 Å². The van der Waals surface area contributed by atoms with Crippen LogP contribution in [0, 0.1) is 30.1 Å². The normalized spacial score (nSPS) is 34.6. The Balaban J connectivity index is 1.08. The highest BCUT2D eigenvalue weighted by molar-refractivity contribution is 5.77. The van der Waals surface area contributed by atoms with E-state index in [2.05, 4.69) is 27.7 Å². The maximum atomic E-state index is 13.3. The Morgan fingerprint density at radius 3 is 2.13 bits per heavy atom. The molecule has 31 heavy (non-hydrogen) atoms. The van der Waals surface area contributed by atoms with Crippen molar-refractivity contribution in [2.45, 2.75) is 64.7 Å². The summed E-state index contributed by atoms with van der Waals surface area (Å²) in [4.78, 5) is 29.7. The number of aryl methyl sites for hydroxylation is 1. The van der Waals surface area contributed by atoms with Crippen LogP contribution >= 0.6 is 0 Å². The molecule has 0 spiro atoms. The third-order valence-corrected chi connectivity index (χ3v) is 8.87. The van der Waals surface area contributed by atoms with Crippen molar-refractivity contribution in [3.63, 3.8) is 0 Å². The van der Waals surface area contributed by atoms with Crippen LogP contribution in [-0.2, 0) is 4.79 Å². The third-order valence-electron chi connectivity index (χ3n) is 8.87. The number of hydrogen-bond acceptors (Lipinski definition) is 5. The van der Waals surface area contributed by atoms with Crippen LogP contribution in [0.3, 0.4) is 0 Å². The first-order chi connectivity index (χ1) is 15.1. The second-order valence-electron chi connectivity index (χ2n) is 11.3. The van der Waals surface area contributed by atoms with Crippen molar-refractivity contribution >= 4 is 17.7 Å². The monoisotopic (exact) mass is 423 g/mol. The van der Waals surface area contributed by atoms with E-state index < -0.39 is 0 Å². The molecule has 1 aromatic rings. The van der Waals surface area contributed by atoms with Gasteiger partial charge >= 0.3 is 0 Å². The van der Waals surface area contributed by atoms with E-state index in [-0.39, 0.29) is 0 Å². The fraction of sp³-hybridized carbons (Fsp3) is 0.800. The third kappa shape index (κ3) is 3.80. The number of hydrogen-bond donors (Lipinski definition) is 0. The number of rotatable bonds is 4. The SMILES string of the molecule is Cc1cc(N2CCCC2)nc(N2CCN(C(=O)CC34CC5CC(CC(C5)C3)C4)CC2)n1. The predicted octanol–water partition coefficient (Wildman–Crippen LogP) is 3.64. The van der Waals surface area contributed by atoms with Crippen molar-refractivity contribution in [1.82, 2.24) is 14.9 Å². The van der Waals surface area contributed by atoms with Gasteiger partial charge in [0.2, 0.25) is 11.9 Å². The Morgan fingerprint density at radius 2 is 1.52 bits per heavy atom. The maximum Gasteiger partial charge on any atom is 0.227 e. The highest BCUT2D eigenvalue weighted by atomic mass is 16.2. The molecule has 4 bridgehead atoms. The van der Waals surface area contributed by atoms with E-state index in [0.717, 1.165) is 80.9 Å². The molecule has 6 heteroatoms. The summed E-state index contributed by atoms with van der Waals surface area (Å²) in [6.45, 7) is 7.56. The molecule has 6 nitrogen and oxygen atoms in total. The van der Waals surface area contributed by atoms with Crippen molar-refractivity contribution in [2.75, 3.05) is 49.1 Å². The molecule has 2 aliphatic heterocycles. The zero-order valence-corrected chi connectivity index (χ0v) is 19.1. The fourth-order valence-electron chi connectivity index (χ4n) is 7.88. The van der Waals surface area contributed by atoms with Gasteiger partial charge in [0, 0.05) is 57.4 Å². The molecule has 0 aromatic carbocycles. The van der Waals surface area contributed by atoms with E-state index in [4.69, 9.17) is 9.97 Å². The molecule has 0 unspecified atom stereocenters. The van der Waals surface area contributed by atoms with Crippen molar-refractivity contribution in [1.29, 1.82) is 0 Å². The van der Waals surface area contributed by atoms with E-state index in [9.17, 15) is 4.79 Å². The number of anilines is 2. The molecular weight excluding hydrogens is 386 g/mol. The van der Waals surface area contributed by atoms with E-state index >= 15 is 0 Å². The van der Waals surface area contributed by atoms with Gasteiger partial charge < -0.3 is 14.7 Å². The summed E-state index contributed by atoms with van der Waals surface area (Å²) in [7, 11) is 0. The van der Waals surface area contributed by atoms with Gasteiger partial charge in [-0.25, -0.2) is 4.98 Å². The number of carbonyl (C=O) groups excluding carboxylic acids is 1. The lowest BCUT2D eigenvalue weighted by molar-refractivity contribution is -0.139. The van der Waals surface area contributed by atoms with E-state index in [0.29, 0.717) is 11.3 Å². The summed E-state index contributed by atoms with van der Waals surface area (Å²) in [5.74, 6) is 5.07. The van der Waals surface area contributed by atoms with Crippen LogP contribution in [0.4, 0.5) is 11.8 Å². The van der Waals surface area contributed by atoms with E-state index in [1.54, 1.807) is 0 Å². The Labute approximate surface area is 186 Å². The van der Waals surface area contributed by atoms with Crippen LogP contribution in [-0.4, -0.2) is 60.0 Å². The average molecular weight is 424 g/mol. The Hall–Kier alpha value is -1.85. The highest BCUT2D eigenvalue weighted by Gasteiger charge is 2.51. The molecule has 1 aromatic heterocycles. The molecule has 0 radical (unpaired) electrons. The molecule has 7 rings (SSSR count). The molecule has 168 valence electrons. The second-order valence-corrected chi connectivity index (χ2v) is 11.3.